The Balaban J connectivity index is 1.83. The van der Waals surface area contributed by atoms with E-state index in [1.807, 2.05) is 19.1 Å². The molecule has 0 saturated carbocycles. The fraction of sp³-hybridized carbons (Fsp3) is 0.278. The van der Waals surface area contributed by atoms with Crippen molar-refractivity contribution in [1.29, 1.82) is 0 Å². The molecule has 0 aliphatic carbocycles. The van der Waals surface area contributed by atoms with Crippen molar-refractivity contribution in [2.24, 2.45) is 0 Å². The molecule has 1 amide bonds. The van der Waals surface area contributed by atoms with Gasteiger partial charge in [-0.3, -0.25) is 14.9 Å². The normalized spacial score (nSPS) is 14.3. The maximum atomic E-state index is 12.5. The first-order valence-corrected chi connectivity index (χ1v) is 7.95. The molecule has 1 aliphatic heterocycles. The number of hydrogen-bond acceptors (Lipinski definition) is 5. The van der Waals surface area contributed by atoms with Crippen LogP contribution >= 0.6 is 0 Å². The van der Waals surface area contributed by atoms with Crippen molar-refractivity contribution >= 4 is 22.9 Å². The smallest absolute Gasteiger partial charge is 0.292 e. The Morgan fingerprint density at radius 3 is 2.64 bits per heavy atom. The zero-order valence-corrected chi connectivity index (χ0v) is 14.1. The highest BCUT2D eigenvalue weighted by atomic mass is 16.6. The van der Waals surface area contributed by atoms with Gasteiger partial charge in [-0.15, -0.1) is 0 Å². The minimum atomic E-state index is -0.468. The number of nitrogens with two attached hydrogens (primary N) is 1. The van der Waals surface area contributed by atoms with Crippen molar-refractivity contribution in [3.8, 4) is 0 Å². The Morgan fingerprint density at radius 2 is 2.08 bits per heavy atom. The van der Waals surface area contributed by atoms with E-state index < -0.39 is 4.92 Å². The predicted octanol–water partition coefficient (Wildman–Crippen LogP) is 3.32. The van der Waals surface area contributed by atoms with Crippen molar-refractivity contribution in [1.82, 2.24) is 4.90 Å². The van der Waals surface area contributed by atoms with E-state index in [1.54, 1.807) is 17.9 Å². The van der Waals surface area contributed by atoms with Crippen LogP contribution in [0.4, 0.5) is 11.4 Å². The lowest BCUT2D eigenvalue weighted by molar-refractivity contribution is -0.383. The monoisotopic (exact) mass is 341 g/mol. The predicted molar refractivity (Wildman–Crippen MR) is 94.2 cm³/mol. The van der Waals surface area contributed by atoms with Crippen LogP contribution in [0.25, 0.3) is 5.57 Å². The second-order valence-electron chi connectivity index (χ2n) is 6.15. The fourth-order valence-electron chi connectivity index (χ4n) is 2.97. The first kappa shape index (κ1) is 16.8. The van der Waals surface area contributed by atoms with Crippen LogP contribution in [-0.4, -0.2) is 28.8 Å². The molecule has 3 rings (SSSR count). The van der Waals surface area contributed by atoms with Crippen LogP contribution in [0.5, 0.6) is 0 Å². The summed E-state index contributed by atoms with van der Waals surface area (Å²) >= 11 is 0. The molecule has 7 nitrogen and oxygen atoms in total. The van der Waals surface area contributed by atoms with Crippen LogP contribution in [0.1, 0.15) is 33.7 Å². The maximum absolute atomic E-state index is 12.5. The van der Waals surface area contributed by atoms with Crippen molar-refractivity contribution in [3.63, 3.8) is 0 Å². The molecule has 2 aromatic rings. The third-order valence-corrected chi connectivity index (χ3v) is 4.49. The van der Waals surface area contributed by atoms with Gasteiger partial charge < -0.3 is 15.1 Å². The molecule has 0 radical (unpaired) electrons. The molecule has 0 atom stereocenters. The number of amides is 1. The van der Waals surface area contributed by atoms with Gasteiger partial charge in [-0.25, -0.2) is 0 Å². The molecule has 130 valence electrons. The highest BCUT2D eigenvalue weighted by Gasteiger charge is 2.24. The van der Waals surface area contributed by atoms with E-state index in [1.165, 1.54) is 12.3 Å². The van der Waals surface area contributed by atoms with Crippen LogP contribution in [0.15, 0.2) is 35.0 Å². The number of benzene rings is 1. The van der Waals surface area contributed by atoms with Gasteiger partial charge in [0.1, 0.15) is 5.69 Å². The van der Waals surface area contributed by atoms with Gasteiger partial charge in [0.15, 0.2) is 5.76 Å². The van der Waals surface area contributed by atoms with Gasteiger partial charge >= 0.3 is 0 Å². The van der Waals surface area contributed by atoms with E-state index in [0.29, 0.717) is 30.8 Å². The number of nitro benzene ring substituents is 1. The fourth-order valence-corrected chi connectivity index (χ4v) is 2.97. The number of aryl methyl sites for hydroxylation is 2. The number of nitrogen functional groups attached to an aromatic ring is 1. The second-order valence-corrected chi connectivity index (χ2v) is 6.15. The summed E-state index contributed by atoms with van der Waals surface area (Å²) < 4.78 is 5.26. The van der Waals surface area contributed by atoms with Gasteiger partial charge in [0, 0.05) is 24.7 Å². The van der Waals surface area contributed by atoms with Crippen LogP contribution in [0, 0.1) is 24.0 Å². The van der Waals surface area contributed by atoms with Crippen LogP contribution in [0.2, 0.25) is 0 Å². The van der Waals surface area contributed by atoms with E-state index in [0.717, 1.165) is 16.7 Å². The highest BCUT2D eigenvalue weighted by Crippen LogP contribution is 2.32. The van der Waals surface area contributed by atoms with Crippen molar-refractivity contribution in [2.75, 3.05) is 18.8 Å². The number of anilines is 1. The summed E-state index contributed by atoms with van der Waals surface area (Å²) in [6, 6.07) is 5.11. The van der Waals surface area contributed by atoms with Gasteiger partial charge in [-0.1, -0.05) is 6.08 Å². The molecule has 1 aromatic carbocycles. The summed E-state index contributed by atoms with van der Waals surface area (Å²) in [4.78, 5) is 24.9. The van der Waals surface area contributed by atoms with Crippen molar-refractivity contribution in [2.45, 2.75) is 20.3 Å². The number of hydrogen-bond donors (Lipinski definition) is 1. The summed E-state index contributed by atoms with van der Waals surface area (Å²) in [7, 11) is 0. The molecule has 7 heteroatoms. The Morgan fingerprint density at radius 1 is 1.32 bits per heavy atom. The lowest BCUT2D eigenvalue weighted by Crippen LogP contribution is -2.34. The molecule has 0 fully saturated rings. The Bertz CT molecular complexity index is 882. The van der Waals surface area contributed by atoms with Gasteiger partial charge in [-0.2, -0.15) is 0 Å². The molecule has 0 unspecified atom stereocenters. The topological polar surface area (TPSA) is 103 Å². The highest BCUT2D eigenvalue weighted by molar-refractivity contribution is 5.93. The lowest BCUT2D eigenvalue weighted by Gasteiger charge is -2.26. The molecule has 0 bridgehead atoms. The molecule has 25 heavy (non-hydrogen) atoms. The van der Waals surface area contributed by atoms with Gasteiger partial charge in [0.2, 0.25) is 0 Å². The van der Waals surface area contributed by atoms with Crippen molar-refractivity contribution in [3.05, 3.63) is 63.1 Å². The molecule has 1 aromatic heterocycles. The second kappa shape index (κ2) is 6.43. The number of carbonyl (C=O) groups is 1. The third-order valence-electron chi connectivity index (χ3n) is 4.49. The van der Waals surface area contributed by atoms with E-state index in [9.17, 15) is 14.9 Å². The quantitative estimate of drug-likeness (QED) is 0.524. The number of nitrogens with zero attached hydrogens (tertiary/aromatic N) is 2. The van der Waals surface area contributed by atoms with Crippen LogP contribution < -0.4 is 5.73 Å². The Hall–Kier alpha value is -3.09. The lowest BCUT2D eigenvalue weighted by atomic mass is 9.96. The number of furan rings is 1. The van der Waals surface area contributed by atoms with Crippen LogP contribution in [0.3, 0.4) is 0 Å². The molecule has 2 N–H and O–H groups in total. The first-order chi connectivity index (χ1) is 11.9. The number of nitro groups is 1. The number of carbonyl (C=O) groups excluding carboxylic acids is 1. The summed E-state index contributed by atoms with van der Waals surface area (Å²) in [6.45, 7) is 4.55. The average molecular weight is 341 g/mol. The largest absolute Gasteiger partial charge is 0.459 e. The standard InChI is InChI=1S/C18H19N3O4/c1-11-5-8-25-17(11)18(22)20-6-3-13(4-7-20)14-9-12(2)16(19)15(10-14)21(23)24/h3,5,8-10H,4,6-7,19H2,1-2H3. The maximum Gasteiger partial charge on any atom is 0.292 e. The van der Waals surface area contributed by atoms with Gasteiger partial charge in [0.25, 0.3) is 11.6 Å². The summed E-state index contributed by atoms with van der Waals surface area (Å²) in [5.74, 6) is 0.216. The van der Waals surface area contributed by atoms with E-state index >= 15 is 0 Å². The van der Waals surface area contributed by atoms with Gasteiger partial charge in [0.05, 0.1) is 11.2 Å². The van der Waals surface area contributed by atoms with Gasteiger partial charge in [-0.05, 0) is 49.1 Å². The van der Waals surface area contributed by atoms with E-state index in [2.05, 4.69) is 0 Å². The van der Waals surface area contributed by atoms with Crippen LogP contribution in [-0.2, 0) is 0 Å². The molecule has 1 aliphatic rings. The minimum absolute atomic E-state index is 0.0828. The molecule has 2 heterocycles. The average Bonchev–Trinajstić information content (AvgIpc) is 3.02. The summed E-state index contributed by atoms with van der Waals surface area (Å²) in [6.07, 6.45) is 4.05. The van der Waals surface area contributed by atoms with E-state index in [-0.39, 0.29) is 17.3 Å². The Kier molecular flexibility index (Phi) is 4.31. The summed E-state index contributed by atoms with van der Waals surface area (Å²) in [5.41, 5.74) is 9.14. The minimum Gasteiger partial charge on any atom is -0.459 e. The molecule has 0 saturated heterocycles. The molecular formula is C18H19N3O4. The van der Waals surface area contributed by atoms with Crippen molar-refractivity contribution < 1.29 is 14.1 Å². The molecular weight excluding hydrogens is 322 g/mol. The Labute approximate surface area is 144 Å². The third kappa shape index (κ3) is 3.13. The summed E-state index contributed by atoms with van der Waals surface area (Å²) in [5, 5.41) is 11.2. The zero-order chi connectivity index (χ0) is 18.1. The SMILES string of the molecule is Cc1ccoc1C(=O)N1CC=C(c2cc(C)c(N)c([N+](=O)[O-])c2)CC1. The zero-order valence-electron chi connectivity index (χ0n) is 14.1. The molecule has 0 spiro atoms. The van der Waals surface area contributed by atoms with E-state index in [4.69, 9.17) is 10.2 Å². The number of rotatable bonds is 3. The first-order valence-electron chi connectivity index (χ1n) is 7.95.